The van der Waals surface area contributed by atoms with Gasteiger partial charge in [0.05, 0.1) is 16.0 Å². The molecule has 0 fully saturated rings. The van der Waals surface area contributed by atoms with E-state index >= 15 is 0 Å². The van der Waals surface area contributed by atoms with Gasteiger partial charge in [-0.1, -0.05) is 25.4 Å². The van der Waals surface area contributed by atoms with Gasteiger partial charge in [0.15, 0.2) is 0 Å². The molecule has 6 nitrogen and oxygen atoms in total. The Hall–Kier alpha value is -1.40. The van der Waals surface area contributed by atoms with E-state index in [1.165, 1.54) is 6.20 Å². The molecule has 0 bridgehead atoms. The zero-order valence-corrected chi connectivity index (χ0v) is 10.3. The molecule has 1 aromatic heterocycles. The van der Waals surface area contributed by atoms with Gasteiger partial charge in [-0.2, -0.15) is 0 Å². The molecule has 1 rings (SSSR count). The van der Waals surface area contributed by atoms with E-state index in [4.69, 9.17) is 11.6 Å². The summed E-state index contributed by atoms with van der Waals surface area (Å²) < 4.78 is 0. The van der Waals surface area contributed by atoms with Crippen LogP contribution in [-0.4, -0.2) is 27.7 Å². The summed E-state index contributed by atoms with van der Waals surface area (Å²) in [6.45, 7) is 3.91. The molecule has 1 unspecified atom stereocenters. The first-order chi connectivity index (χ1) is 7.93. The zero-order valence-electron chi connectivity index (χ0n) is 9.55. The van der Waals surface area contributed by atoms with Crippen molar-refractivity contribution in [1.29, 1.82) is 0 Å². The highest BCUT2D eigenvalue weighted by atomic mass is 35.5. The molecule has 0 aromatic carbocycles. The van der Waals surface area contributed by atoms with Crippen LogP contribution in [0.25, 0.3) is 0 Å². The van der Waals surface area contributed by atoms with Crippen molar-refractivity contribution in [2.24, 2.45) is 5.92 Å². The Balaban J connectivity index is 2.86. The van der Waals surface area contributed by atoms with E-state index in [9.17, 15) is 15.2 Å². The normalized spacial score (nSPS) is 12.5. The number of nitrogens with zero attached hydrogens (tertiary/aromatic N) is 2. The van der Waals surface area contributed by atoms with Crippen LogP contribution in [0, 0.1) is 16.0 Å². The quantitative estimate of drug-likeness (QED) is 0.624. The molecular weight excluding hydrogens is 246 g/mol. The van der Waals surface area contributed by atoms with Crippen LogP contribution >= 0.6 is 11.6 Å². The predicted octanol–water partition coefficient (Wildman–Crippen LogP) is 2.07. The maximum atomic E-state index is 10.8. The minimum Gasteiger partial charge on any atom is -0.391 e. The molecule has 7 heteroatoms. The highest BCUT2D eigenvalue weighted by molar-refractivity contribution is 6.33. The summed E-state index contributed by atoms with van der Waals surface area (Å²) in [5, 5.41) is 23.3. The maximum absolute atomic E-state index is 10.8. The molecule has 2 N–H and O–H groups in total. The van der Waals surface area contributed by atoms with Crippen molar-refractivity contribution in [2.75, 3.05) is 11.9 Å². The minimum atomic E-state index is -0.598. The molecule has 94 valence electrons. The Kier molecular flexibility index (Phi) is 4.65. The highest BCUT2D eigenvalue weighted by Crippen LogP contribution is 2.30. The van der Waals surface area contributed by atoms with Crippen LogP contribution in [0.2, 0.25) is 5.02 Å². The molecule has 0 saturated carbocycles. The van der Waals surface area contributed by atoms with Crippen molar-refractivity contribution < 1.29 is 10.0 Å². The number of halogens is 1. The summed E-state index contributed by atoms with van der Waals surface area (Å²) in [7, 11) is 0. The topological polar surface area (TPSA) is 88.3 Å². The number of nitro groups is 1. The first-order valence-corrected chi connectivity index (χ1v) is 5.51. The zero-order chi connectivity index (χ0) is 13.0. The van der Waals surface area contributed by atoms with E-state index in [0.717, 1.165) is 6.20 Å². The number of aliphatic hydroxyl groups excluding tert-OH is 1. The van der Waals surface area contributed by atoms with E-state index < -0.39 is 11.0 Å². The van der Waals surface area contributed by atoms with Crippen LogP contribution in [0.1, 0.15) is 13.8 Å². The van der Waals surface area contributed by atoms with Gasteiger partial charge in [0.25, 0.3) is 0 Å². The van der Waals surface area contributed by atoms with Gasteiger partial charge >= 0.3 is 5.69 Å². The van der Waals surface area contributed by atoms with Crippen LogP contribution in [0.15, 0.2) is 12.4 Å². The molecule has 1 atom stereocenters. The molecule has 0 spiro atoms. The van der Waals surface area contributed by atoms with Crippen molar-refractivity contribution >= 4 is 23.0 Å². The van der Waals surface area contributed by atoms with E-state index in [1.54, 1.807) is 0 Å². The highest BCUT2D eigenvalue weighted by Gasteiger charge is 2.18. The molecule has 0 radical (unpaired) electrons. The molecule has 0 aliphatic carbocycles. The average Bonchev–Trinajstić information content (AvgIpc) is 2.26. The van der Waals surface area contributed by atoms with E-state index in [0.29, 0.717) is 0 Å². The lowest BCUT2D eigenvalue weighted by Crippen LogP contribution is -2.25. The molecular formula is C10H14ClN3O3. The monoisotopic (exact) mass is 259 g/mol. The van der Waals surface area contributed by atoms with Crippen LogP contribution in [-0.2, 0) is 0 Å². The van der Waals surface area contributed by atoms with Crippen LogP contribution in [0.3, 0.4) is 0 Å². The van der Waals surface area contributed by atoms with Crippen LogP contribution < -0.4 is 5.32 Å². The van der Waals surface area contributed by atoms with Gasteiger partial charge in [-0.15, -0.1) is 0 Å². The van der Waals surface area contributed by atoms with Crippen molar-refractivity contribution in [1.82, 2.24) is 4.98 Å². The van der Waals surface area contributed by atoms with Crippen LogP contribution in [0.4, 0.5) is 11.4 Å². The molecule has 0 aliphatic heterocycles. The second kappa shape index (κ2) is 5.79. The Morgan fingerprint density at radius 2 is 2.24 bits per heavy atom. The fourth-order valence-electron chi connectivity index (χ4n) is 1.18. The number of nitrogens with one attached hydrogen (secondary N) is 1. The minimum absolute atomic E-state index is 0.0576. The van der Waals surface area contributed by atoms with Gasteiger partial charge in [-0.3, -0.25) is 15.1 Å². The summed E-state index contributed by atoms with van der Waals surface area (Å²) in [6.07, 6.45) is 1.84. The predicted molar refractivity (Wildman–Crippen MR) is 65.2 cm³/mol. The summed E-state index contributed by atoms with van der Waals surface area (Å²) in [6, 6.07) is 0. The summed E-state index contributed by atoms with van der Waals surface area (Å²) >= 11 is 5.83. The second-order valence-corrected chi connectivity index (χ2v) is 4.37. The Morgan fingerprint density at radius 1 is 1.59 bits per heavy atom. The van der Waals surface area contributed by atoms with E-state index in [2.05, 4.69) is 10.3 Å². The molecule has 0 saturated heterocycles. The molecule has 0 amide bonds. The van der Waals surface area contributed by atoms with Crippen molar-refractivity contribution in [2.45, 2.75) is 20.0 Å². The van der Waals surface area contributed by atoms with Gasteiger partial charge in [-0.25, -0.2) is 0 Å². The average molecular weight is 260 g/mol. The lowest BCUT2D eigenvalue weighted by atomic mass is 10.1. The SMILES string of the molecule is CC(C)C(O)CNc1c(Cl)cncc1[N+](=O)[O-]. The lowest BCUT2D eigenvalue weighted by Gasteiger charge is -2.16. The van der Waals surface area contributed by atoms with Crippen molar-refractivity contribution in [3.8, 4) is 0 Å². The van der Waals surface area contributed by atoms with Crippen molar-refractivity contribution in [3.63, 3.8) is 0 Å². The van der Waals surface area contributed by atoms with Gasteiger partial charge in [-0.05, 0) is 5.92 Å². The van der Waals surface area contributed by atoms with E-state index in [1.807, 2.05) is 13.8 Å². The molecule has 1 heterocycles. The first-order valence-electron chi connectivity index (χ1n) is 5.13. The number of rotatable bonds is 5. The smallest absolute Gasteiger partial charge is 0.311 e. The van der Waals surface area contributed by atoms with Gasteiger partial charge in [0.2, 0.25) is 0 Å². The van der Waals surface area contributed by atoms with Gasteiger partial charge in [0.1, 0.15) is 11.9 Å². The number of aliphatic hydroxyl groups is 1. The summed E-state index contributed by atoms with van der Waals surface area (Å²) in [5.74, 6) is 0.0576. The lowest BCUT2D eigenvalue weighted by molar-refractivity contribution is -0.384. The van der Waals surface area contributed by atoms with Crippen molar-refractivity contribution in [3.05, 3.63) is 27.5 Å². The first kappa shape index (κ1) is 13.7. The summed E-state index contributed by atoms with van der Waals surface area (Å²) in [4.78, 5) is 13.8. The standard InChI is InChI=1S/C10H14ClN3O3/c1-6(2)9(15)5-13-10-7(11)3-12-4-8(10)14(16)17/h3-4,6,9,15H,5H2,1-2H3,(H,12,13). The Morgan fingerprint density at radius 3 is 2.76 bits per heavy atom. The molecule has 17 heavy (non-hydrogen) atoms. The van der Waals surface area contributed by atoms with E-state index in [-0.39, 0.29) is 28.9 Å². The van der Waals surface area contributed by atoms with Gasteiger partial charge < -0.3 is 10.4 Å². The number of hydrogen-bond donors (Lipinski definition) is 2. The number of hydrogen-bond acceptors (Lipinski definition) is 5. The molecule has 0 aliphatic rings. The number of anilines is 1. The Bertz CT molecular complexity index is 412. The van der Waals surface area contributed by atoms with Crippen LogP contribution in [0.5, 0.6) is 0 Å². The van der Waals surface area contributed by atoms with Gasteiger partial charge in [0, 0.05) is 12.7 Å². The largest absolute Gasteiger partial charge is 0.391 e. The fourth-order valence-corrected chi connectivity index (χ4v) is 1.40. The summed E-state index contributed by atoms with van der Waals surface area (Å²) in [5.41, 5.74) is -0.0141. The number of pyridine rings is 1. The third kappa shape index (κ3) is 3.54. The maximum Gasteiger partial charge on any atom is 0.311 e. The third-order valence-electron chi connectivity index (χ3n) is 2.33. The molecule has 1 aromatic rings. The Labute approximate surface area is 104 Å². The number of aromatic nitrogens is 1. The third-order valence-corrected chi connectivity index (χ3v) is 2.62. The second-order valence-electron chi connectivity index (χ2n) is 3.96. The fraction of sp³-hybridized carbons (Fsp3) is 0.500.